The summed E-state index contributed by atoms with van der Waals surface area (Å²) >= 11 is 0. The number of fused-ring (bicyclic) bond motifs is 1. The van der Waals surface area contributed by atoms with E-state index in [1.54, 1.807) is 12.4 Å². The van der Waals surface area contributed by atoms with Gasteiger partial charge in [0.05, 0.1) is 17.2 Å². The Bertz CT molecular complexity index is 499. The second-order valence-electron chi connectivity index (χ2n) is 3.55. The Morgan fingerprint density at radius 2 is 2.36 bits per heavy atom. The summed E-state index contributed by atoms with van der Waals surface area (Å²) in [5.74, 6) is 0.524. The van der Waals surface area contributed by atoms with Crippen molar-refractivity contribution in [2.45, 2.75) is 18.9 Å². The van der Waals surface area contributed by atoms with Crippen molar-refractivity contribution in [3.63, 3.8) is 0 Å². The highest BCUT2D eigenvalue weighted by Gasteiger charge is 2.27. The highest BCUT2D eigenvalue weighted by molar-refractivity contribution is 5.82. The molecule has 0 unspecified atom stereocenters. The van der Waals surface area contributed by atoms with Crippen LogP contribution in [-0.4, -0.2) is 20.8 Å². The highest BCUT2D eigenvalue weighted by atomic mass is 16.1. The molecule has 0 bridgehead atoms. The molecule has 0 radical (unpaired) electrons. The molecule has 1 saturated carbocycles. The Hall–Kier alpha value is -1.71. The number of carbonyl (C=O) groups is 1. The largest absolute Gasteiger partial charge is 0.317 e. The van der Waals surface area contributed by atoms with E-state index in [2.05, 4.69) is 9.97 Å². The quantitative estimate of drug-likeness (QED) is 0.670. The SMILES string of the molecule is O=Cc1nc2ccncc2n1C1CC1. The van der Waals surface area contributed by atoms with Crippen LogP contribution in [0.15, 0.2) is 18.5 Å². The van der Waals surface area contributed by atoms with E-state index in [0.29, 0.717) is 11.9 Å². The van der Waals surface area contributed by atoms with Gasteiger partial charge in [-0.1, -0.05) is 0 Å². The number of nitrogens with zero attached hydrogens (tertiary/aromatic N) is 3. The Morgan fingerprint density at radius 1 is 1.50 bits per heavy atom. The molecule has 14 heavy (non-hydrogen) atoms. The van der Waals surface area contributed by atoms with Gasteiger partial charge < -0.3 is 4.57 Å². The van der Waals surface area contributed by atoms with Gasteiger partial charge >= 0.3 is 0 Å². The molecule has 2 aromatic rings. The monoisotopic (exact) mass is 187 g/mol. The number of aldehydes is 1. The van der Waals surface area contributed by atoms with Crippen LogP contribution >= 0.6 is 0 Å². The standard InChI is InChI=1S/C10H9N3O/c14-6-10-12-8-3-4-11-5-9(8)13(10)7-1-2-7/h3-7H,1-2H2. The molecule has 1 aliphatic rings. The maximum atomic E-state index is 10.8. The van der Waals surface area contributed by atoms with E-state index in [9.17, 15) is 4.79 Å². The summed E-state index contributed by atoms with van der Waals surface area (Å²) < 4.78 is 2.00. The van der Waals surface area contributed by atoms with Crippen molar-refractivity contribution < 1.29 is 4.79 Å². The van der Waals surface area contributed by atoms with Gasteiger partial charge in [-0.05, 0) is 18.9 Å². The van der Waals surface area contributed by atoms with Crippen molar-refractivity contribution in [2.24, 2.45) is 0 Å². The van der Waals surface area contributed by atoms with Gasteiger partial charge in [-0.15, -0.1) is 0 Å². The number of hydrogen-bond donors (Lipinski definition) is 0. The topological polar surface area (TPSA) is 47.8 Å². The molecule has 4 heteroatoms. The van der Waals surface area contributed by atoms with E-state index in [4.69, 9.17) is 0 Å². The van der Waals surface area contributed by atoms with Crippen LogP contribution in [0.3, 0.4) is 0 Å². The predicted octanol–water partition coefficient (Wildman–Crippen LogP) is 1.58. The third-order valence-corrected chi connectivity index (χ3v) is 2.54. The van der Waals surface area contributed by atoms with Crippen LogP contribution in [-0.2, 0) is 0 Å². The predicted molar refractivity (Wildman–Crippen MR) is 51.2 cm³/mol. The first-order valence-electron chi connectivity index (χ1n) is 4.67. The number of pyridine rings is 1. The molecule has 2 heterocycles. The molecule has 3 rings (SSSR count). The zero-order valence-electron chi connectivity index (χ0n) is 7.55. The van der Waals surface area contributed by atoms with Gasteiger partial charge in [0.2, 0.25) is 0 Å². The number of imidazole rings is 1. The summed E-state index contributed by atoms with van der Waals surface area (Å²) in [6, 6.07) is 2.30. The Labute approximate surface area is 80.6 Å². The summed E-state index contributed by atoms with van der Waals surface area (Å²) in [6.45, 7) is 0. The van der Waals surface area contributed by atoms with Gasteiger partial charge in [-0.2, -0.15) is 0 Å². The van der Waals surface area contributed by atoms with E-state index in [1.807, 2.05) is 10.6 Å². The minimum Gasteiger partial charge on any atom is -0.317 e. The smallest absolute Gasteiger partial charge is 0.185 e. The van der Waals surface area contributed by atoms with E-state index in [0.717, 1.165) is 30.2 Å². The van der Waals surface area contributed by atoms with E-state index < -0.39 is 0 Å². The van der Waals surface area contributed by atoms with Gasteiger partial charge in [-0.25, -0.2) is 4.98 Å². The fraction of sp³-hybridized carbons (Fsp3) is 0.300. The molecule has 70 valence electrons. The summed E-state index contributed by atoms with van der Waals surface area (Å²) in [5.41, 5.74) is 1.83. The molecule has 0 aromatic carbocycles. The molecular weight excluding hydrogens is 178 g/mol. The summed E-state index contributed by atoms with van der Waals surface area (Å²) in [7, 11) is 0. The molecule has 0 saturated heterocycles. The van der Waals surface area contributed by atoms with Crippen LogP contribution in [0, 0.1) is 0 Å². The van der Waals surface area contributed by atoms with Gasteiger partial charge in [0.1, 0.15) is 0 Å². The van der Waals surface area contributed by atoms with Gasteiger partial charge in [0.25, 0.3) is 0 Å². The fourth-order valence-corrected chi connectivity index (χ4v) is 1.76. The molecule has 0 amide bonds. The van der Waals surface area contributed by atoms with Crippen molar-refractivity contribution in [1.29, 1.82) is 0 Å². The summed E-state index contributed by atoms with van der Waals surface area (Å²) in [4.78, 5) is 19.1. The van der Waals surface area contributed by atoms with Crippen molar-refractivity contribution >= 4 is 17.3 Å². The lowest BCUT2D eigenvalue weighted by Gasteiger charge is -2.01. The minimum atomic E-state index is 0.462. The highest BCUT2D eigenvalue weighted by Crippen LogP contribution is 2.37. The number of carbonyl (C=O) groups excluding carboxylic acids is 1. The molecule has 0 atom stereocenters. The third-order valence-electron chi connectivity index (χ3n) is 2.54. The number of rotatable bonds is 2. The molecule has 2 aromatic heterocycles. The molecule has 1 fully saturated rings. The second kappa shape index (κ2) is 2.64. The minimum absolute atomic E-state index is 0.462. The molecule has 0 spiro atoms. The first-order valence-corrected chi connectivity index (χ1v) is 4.67. The Morgan fingerprint density at radius 3 is 3.07 bits per heavy atom. The summed E-state index contributed by atoms with van der Waals surface area (Å²) in [6.07, 6.45) is 6.56. The molecule has 1 aliphatic carbocycles. The van der Waals surface area contributed by atoms with Gasteiger partial charge in [-0.3, -0.25) is 9.78 Å². The van der Waals surface area contributed by atoms with Crippen LogP contribution in [0.2, 0.25) is 0 Å². The van der Waals surface area contributed by atoms with E-state index >= 15 is 0 Å². The molecule has 4 nitrogen and oxygen atoms in total. The van der Waals surface area contributed by atoms with Crippen LogP contribution in [0.25, 0.3) is 11.0 Å². The maximum Gasteiger partial charge on any atom is 0.185 e. The van der Waals surface area contributed by atoms with Gasteiger partial charge in [0.15, 0.2) is 12.1 Å². The second-order valence-corrected chi connectivity index (χ2v) is 3.55. The molecule has 0 N–H and O–H groups in total. The van der Waals surface area contributed by atoms with Crippen molar-refractivity contribution in [2.75, 3.05) is 0 Å². The normalized spacial score (nSPS) is 16.0. The Kier molecular flexibility index (Phi) is 1.45. The Balaban J connectivity index is 2.35. The molecule has 0 aliphatic heterocycles. The first-order chi connectivity index (χ1) is 6.90. The lowest BCUT2D eigenvalue weighted by Crippen LogP contribution is -1.99. The average molecular weight is 187 g/mol. The van der Waals surface area contributed by atoms with Crippen LogP contribution in [0.4, 0.5) is 0 Å². The van der Waals surface area contributed by atoms with Crippen LogP contribution in [0.1, 0.15) is 29.5 Å². The van der Waals surface area contributed by atoms with E-state index in [-0.39, 0.29) is 0 Å². The zero-order valence-corrected chi connectivity index (χ0v) is 7.55. The lowest BCUT2D eigenvalue weighted by atomic mass is 10.4. The van der Waals surface area contributed by atoms with Crippen molar-refractivity contribution in [3.05, 3.63) is 24.3 Å². The third kappa shape index (κ3) is 0.968. The summed E-state index contributed by atoms with van der Waals surface area (Å²) in [5, 5.41) is 0. The van der Waals surface area contributed by atoms with Crippen molar-refractivity contribution in [1.82, 2.24) is 14.5 Å². The first kappa shape index (κ1) is 7.67. The average Bonchev–Trinajstić information content (AvgIpc) is 2.98. The fourth-order valence-electron chi connectivity index (χ4n) is 1.76. The van der Waals surface area contributed by atoms with Crippen LogP contribution in [0.5, 0.6) is 0 Å². The lowest BCUT2D eigenvalue weighted by molar-refractivity contribution is 0.111. The number of hydrogen-bond acceptors (Lipinski definition) is 3. The van der Waals surface area contributed by atoms with Crippen molar-refractivity contribution in [3.8, 4) is 0 Å². The zero-order chi connectivity index (χ0) is 9.54. The van der Waals surface area contributed by atoms with Crippen LogP contribution < -0.4 is 0 Å². The van der Waals surface area contributed by atoms with Gasteiger partial charge in [0, 0.05) is 12.2 Å². The number of aromatic nitrogens is 3. The maximum absolute atomic E-state index is 10.8. The van der Waals surface area contributed by atoms with E-state index in [1.165, 1.54) is 0 Å². The molecular formula is C10H9N3O.